The van der Waals surface area contributed by atoms with Crippen molar-refractivity contribution in [2.45, 2.75) is 23.9 Å². The molecule has 0 saturated heterocycles. The Kier molecular flexibility index (Phi) is 6.23. The van der Waals surface area contributed by atoms with E-state index in [0.717, 1.165) is 17.3 Å². The summed E-state index contributed by atoms with van der Waals surface area (Å²) in [6, 6.07) is 5.45. The Labute approximate surface area is 149 Å². The van der Waals surface area contributed by atoms with Crippen LogP contribution >= 0.6 is 11.8 Å². The lowest BCUT2D eigenvalue weighted by molar-refractivity contribution is -0.120. The number of ether oxygens (including phenoxy) is 2. The van der Waals surface area contributed by atoms with Gasteiger partial charge in [0.1, 0.15) is 0 Å². The number of nitrogen functional groups attached to an aromatic ring is 2. The largest absolute Gasteiger partial charge is 0.493 e. The molecule has 1 aromatic carbocycles. The number of nitrogens with two attached hydrogens (primary N) is 2. The average Bonchev–Trinajstić information content (AvgIpc) is 2.58. The van der Waals surface area contributed by atoms with Gasteiger partial charge in [0.05, 0.1) is 19.5 Å². The molecule has 0 unspecified atom stereocenters. The second-order valence-corrected chi connectivity index (χ2v) is 6.31. The van der Waals surface area contributed by atoms with Crippen LogP contribution in [0.4, 0.5) is 11.9 Å². The van der Waals surface area contributed by atoms with Gasteiger partial charge in [-0.1, -0.05) is 17.8 Å². The summed E-state index contributed by atoms with van der Waals surface area (Å²) < 4.78 is 10.4. The molecular weight excluding hydrogens is 344 g/mol. The molecule has 0 spiro atoms. The number of nitrogens with one attached hydrogen (secondary N) is 1. The van der Waals surface area contributed by atoms with E-state index in [1.54, 1.807) is 27.2 Å². The van der Waals surface area contributed by atoms with Crippen LogP contribution in [0, 0.1) is 0 Å². The van der Waals surface area contributed by atoms with Crippen LogP contribution in [-0.2, 0) is 11.3 Å². The number of carbonyl (C=O) groups is 1. The van der Waals surface area contributed by atoms with Crippen molar-refractivity contribution in [3.05, 3.63) is 23.8 Å². The molecule has 0 aliphatic rings. The summed E-state index contributed by atoms with van der Waals surface area (Å²) in [6.07, 6.45) is 0. The first-order chi connectivity index (χ1) is 11.9. The molecule has 0 saturated carbocycles. The SMILES string of the molecule is COc1ccc(CNC(=O)[C@@H](C)Sc2nc(N)nc(N)n2)cc1OC. The number of rotatable bonds is 7. The van der Waals surface area contributed by atoms with E-state index in [1.165, 1.54) is 0 Å². The van der Waals surface area contributed by atoms with Crippen molar-refractivity contribution >= 4 is 29.6 Å². The van der Waals surface area contributed by atoms with E-state index in [0.29, 0.717) is 23.2 Å². The summed E-state index contributed by atoms with van der Waals surface area (Å²) >= 11 is 1.15. The number of nitrogens with zero attached hydrogens (tertiary/aromatic N) is 3. The number of amides is 1. The zero-order valence-corrected chi connectivity index (χ0v) is 15.0. The highest BCUT2D eigenvalue weighted by Gasteiger charge is 2.17. The van der Waals surface area contributed by atoms with Crippen molar-refractivity contribution in [1.82, 2.24) is 20.3 Å². The van der Waals surface area contributed by atoms with E-state index in [9.17, 15) is 4.79 Å². The van der Waals surface area contributed by atoms with Crippen LogP contribution < -0.4 is 26.3 Å². The second kappa shape index (κ2) is 8.38. The Hall–Kier alpha value is -2.75. The summed E-state index contributed by atoms with van der Waals surface area (Å²) in [7, 11) is 3.13. The van der Waals surface area contributed by atoms with Crippen LogP contribution in [0.3, 0.4) is 0 Å². The lowest BCUT2D eigenvalue weighted by Crippen LogP contribution is -2.30. The molecule has 2 aromatic rings. The monoisotopic (exact) mass is 364 g/mol. The van der Waals surface area contributed by atoms with Gasteiger partial charge in [0.25, 0.3) is 0 Å². The highest BCUT2D eigenvalue weighted by atomic mass is 32.2. The fraction of sp³-hybridized carbons (Fsp3) is 0.333. The molecule has 5 N–H and O–H groups in total. The molecule has 1 heterocycles. The number of hydrogen-bond acceptors (Lipinski definition) is 9. The molecule has 0 bridgehead atoms. The van der Waals surface area contributed by atoms with Crippen LogP contribution in [0.15, 0.2) is 23.4 Å². The molecule has 1 atom stereocenters. The molecule has 9 nitrogen and oxygen atoms in total. The summed E-state index contributed by atoms with van der Waals surface area (Å²) in [4.78, 5) is 23.8. The Bertz CT molecular complexity index is 738. The van der Waals surface area contributed by atoms with E-state index in [-0.39, 0.29) is 17.8 Å². The molecule has 25 heavy (non-hydrogen) atoms. The van der Waals surface area contributed by atoms with Crippen LogP contribution in [0.2, 0.25) is 0 Å². The lowest BCUT2D eigenvalue weighted by atomic mass is 10.2. The summed E-state index contributed by atoms with van der Waals surface area (Å²) in [6.45, 7) is 2.09. The zero-order chi connectivity index (χ0) is 18.4. The fourth-order valence-corrected chi connectivity index (χ4v) is 2.78. The standard InChI is InChI=1S/C15H20N6O3S/c1-8(25-15-20-13(16)19-14(17)21-15)12(22)18-7-9-4-5-10(23-2)11(6-9)24-3/h4-6,8H,7H2,1-3H3,(H,18,22)(H4,16,17,19,20,21)/t8-/m1/s1. The number of aromatic nitrogens is 3. The average molecular weight is 364 g/mol. The van der Waals surface area contributed by atoms with Crippen molar-refractivity contribution in [1.29, 1.82) is 0 Å². The highest BCUT2D eigenvalue weighted by Crippen LogP contribution is 2.27. The number of carbonyl (C=O) groups excluding carboxylic acids is 1. The minimum absolute atomic E-state index is 0.0212. The fourth-order valence-electron chi connectivity index (χ4n) is 1.98. The van der Waals surface area contributed by atoms with Crippen LogP contribution in [0.1, 0.15) is 12.5 Å². The quantitative estimate of drug-likeness (QED) is 0.610. The van der Waals surface area contributed by atoms with Gasteiger partial charge in [0, 0.05) is 6.54 Å². The highest BCUT2D eigenvalue weighted by molar-refractivity contribution is 8.00. The van der Waals surface area contributed by atoms with Crippen molar-refractivity contribution in [3.8, 4) is 11.5 Å². The Morgan fingerprint density at radius 3 is 2.40 bits per heavy atom. The maximum atomic E-state index is 12.2. The van der Waals surface area contributed by atoms with Gasteiger partial charge in [0.15, 0.2) is 16.7 Å². The Morgan fingerprint density at radius 1 is 1.16 bits per heavy atom. The minimum atomic E-state index is -0.429. The molecule has 1 aromatic heterocycles. The van der Waals surface area contributed by atoms with Crippen LogP contribution in [0.5, 0.6) is 11.5 Å². The smallest absolute Gasteiger partial charge is 0.233 e. The molecule has 0 aliphatic heterocycles. The Balaban J connectivity index is 1.95. The first-order valence-electron chi connectivity index (χ1n) is 7.35. The van der Waals surface area contributed by atoms with Crippen molar-refractivity contribution in [2.75, 3.05) is 25.7 Å². The van der Waals surface area contributed by atoms with Crippen LogP contribution in [-0.4, -0.2) is 40.3 Å². The van der Waals surface area contributed by atoms with Gasteiger partial charge >= 0.3 is 0 Å². The minimum Gasteiger partial charge on any atom is -0.493 e. The number of anilines is 2. The Morgan fingerprint density at radius 2 is 1.80 bits per heavy atom. The van der Waals surface area contributed by atoms with Gasteiger partial charge in [0.2, 0.25) is 17.8 Å². The summed E-state index contributed by atoms with van der Waals surface area (Å²) in [5, 5.41) is 2.72. The number of hydrogen-bond donors (Lipinski definition) is 3. The van der Waals surface area contributed by atoms with Crippen molar-refractivity contribution < 1.29 is 14.3 Å². The molecule has 134 valence electrons. The van der Waals surface area contributed by atoms with E-state index >= 15 is 0 Å². The number of thioether (sulfide) groups is 1. The first-order valence-corrected chi connectivity index (χ1v) is 8.23. The number of benzene rings is 1. The van der Waals surface area contributed by atoms with Gasteiger partial charge < -0.3 is 26.3 Å². The van der Waals surface area contributed by atoms with Gasteiger partial charge in [-0.05, 0) is 24.6 Å². The van der Waals surface area contributed by atoms with E-state index in [1.807, 2.05) is 12.1 Å². The normalized spacial score (nSPS) is 11.6. The maximum Gasteiger partial charge on any atom is 0.233 e. The third kappa shape index (κ3) is 5.11. The number of methoxy groups -OCH3 is 2. The van der Waals surface area contributed by atoms with Gasteiger partial charge in [-0.25, -0.2) is 0 Å². The topological polar surface area (TPSA) is 138 Å². The van der Waals surface area contributed by atoms with E-state index in [2.05, 4.69) is 20.3 Å². The summed E-state index contributed by atoms with van der Waals surface area (Å²) in [5.74, 6) is 1.11. The van der Waals surface area contributed by atoms with Gasteiger partial charge in [-0.2, -0.15) is 15.0 Å². The predicted octanol–water partition coefficient (Wildman–Crippen LogP) is 0.850. The first kappa shape index (κ1) is 18.6. The molecule has 2 rings (SSSR count). The van der Waals surface area contributed by atoms with E-state index < -0.39 is 5.25 Å². The second-order valence-electron chi connectivity index (χ2n) is 5.00. The third-order valence-electron chi connectivity index (χ3n) is 3.22. The zero-order valence-electron chi connectivity index (χ0n) is 14.1. The molecular formula is C15H20N6O3S. The van der Waals surface area contributed by atoms with E-state index in [4.69, 9.17) is 20.9 Å². The van der Waals surface area contributed by atoms with Gasteiger partial charge in [-0.3, -0.25) is 4.79 Å². The maximum absolute atomic E-state index is 12.2. The summed E-state index contributed by atoms with van der Waals surface area (Å²) in [5.41, 5.74) is 11.9. The van der Waals surface area contributed by atoms with Gasteiger partial charge in [-0.15, -0.1) is 0 Å². The molecule has 0 aliphatic carbocycles. The molecule has 10 heteroatoms. The third-order valence-corrected chi connectivity index (χ3v) is 4.18. The molecule has 1 amide bonds. The lowest BCUT2D eigenvalue weighted by Gasteiger charge is -2.13. The van der Waals surface area contributed by atoms with Crippen molar-refractivity contribution in [3.63, 3.8) is 0 Å². The molecule has 0 fully saturated rings. The van der Waals surface area contributed by atoms with Crippen molar-refractivity contribution in [2.24, 2.45) is 0 Å². The molecule has 0 radical (unpaired) electrons. The predicted molar refractivity (Wildman–Crippen MR) is 95.4 cm³/mol. The van der Waals surface area contributed by atoms with Crippen LogP contribution in [0.25, 0.3) is 0 Å².